The summed E-state index contributed by atoms with van der Waals surface area (Å²) in [6.45, 7) is 4.30. The predicted octanol–water partition coefficient (Wildman–Crippen LogP) is 2.56. The van der Waals surface area contributed by atoms with Crippen LogP contribution >= 0.6 is 0 Å². The number of rotatable bonds is 5. The van der Waals surface area contributed by atoms with Gasteiger partial charge in [0.05, 0.1) is 12.8 Å². The van der Waals surface area contributed by atoms with Crippen LogP contribution in [-0.2, 0) is 4.74 Å². The zero-order valence-corrected chi connectivity index (χ0v) is 10.6. The van der Waals surface area contributed by atoms with E-state index in [2.05, 4.69) is 10.5 Å². The maximum atomic E-state index is 11.2. The third-order valence-corrected chi connectivity index (χ3v) is 2.27. The number of ether oxygens (including phenoxy) is 1. The summed E-state index contributed by atoms with van der Waals surface area (Å²) >= 11 is 0. The lowest BCUT2D eigenvalue weighted by Gasteiger charge is -2.02. The molecule has 0 heterocycles. The molecular formula is C13H18N2O3. The van der Waals surface area contributed by atoms with E-state index in [1.54, 1.807) is 18.2 Å². The molecule has 5 nitrogen and oxygen atoms in total. The largest absolute Gasteiger partial charge is 0.507 e. The first kappa shape index (κ1) is 14.0. The van der Waals surface area contributed by atoms with Gasteiger partial charge in [-0.15, -0.1) is 0 Å². The molecule has 1 aromatic rings. The summed E-state index contributed by atoms with van der Waals surface area (Å²) in [5, 5.41) is 13.3. The van der Waals surface area contributed by atoms with Gasteiger partial charge < -0.3 is 9.84 Å². The molecule has 5 heteroatoms. The van der Waals surface area contributed by atoms with Crippen molar-refractivity contribution in [1.29, 1.82) is 0 Å². The number of carbonyl (C=O) groups is 1. The predicted molar refractivity (Wildman–Crippen MR) is 69.8 cm³/mol. The Morgan fingerprint density at radius 2 is 2.33 bits per heavy atom. The molecule has 0 aromatic heterocycles. The second-order valence-corrected chi connectivity index (χ2v) is 3.92. The van der Waals surface area contributed by atoms with E-state index in [-0.39, 0.29) is 5.75 Å². The SMILES string of the molecule is CCCCOC(=O)N/N=C/c1cc(C)ccc1O. The average molecular weight is 250 g/mol. The van der Waals surface area contributed by atoms with E-state index in [0.29, 0.717) is 12.2 Å². The van der Waals surface area contributed by atoms with Crippen molar-refractivity contribution in [2.45, 2.75) is 26.7 Å². The fraction of sp³-hybridized carbons (Fsp3) is 0.385. The minimum atomic E-state index is -0.591. The van der Waals surface area contributed by atoms with Gasteiger partial charge in [0.1, 0.15) is 5.75 Å². The normalized spacial score (nSPS) is 10.6. The van der Waals surface area contributed by atoms with Crippen LogP contribution in [0.25, 0.3) is 0 Å². The Morgan fingerprint density at radius 1 is 1.56 bits per heavy atom. The van der Waals surface area contributed by atoms with Crippen LogP contribution in [0.4, 0.5) is 4.79 Å². The van der Waals surface area contributed by atoms with Gasteiger partial charge in [0, 0.05) is 5.56 Å². The second kappa shape index (κ2) is 7.32. The van der Waals surface area contributed by atoms with Gasteiger partial charge in [0.25, 0.3) is 0 Å². The first-order valence-electron chi connectivity index (χ1n) is 5.89. The molecule has 1 aromatic carbocycles. The Hall–Kier alpha value is -2.04. The molecule has 0 bridgehead atoms. The molecule has 0 aliphatic carbocycles. The summed E-state index contributed by atoms with van der Waals surface area (Å²) in [6.07, 6.45) is 2.58. The first-order valence-corrected chi connectivity index (χ1v) is 5.89. The van der Waals surface area contributed by atoms with Gasteiger partial charge in [0.15, 0.2) is 0 Å². The lowest BCUT2D eigenvalue weighted by atomic mass is 10.1. The van der Waals surface area contributed by atoms with Gasteiger partial charge in [-0.25, -0.2) is 10.2 Å². The number of aryl methyl sites for hydroxylation is 1. The summed E-state index contributed by atoms with van der Waals surface area (Å²) < 4.78 is 4.85. The van der Waals surface area contributed by atoms with E-state index < -0.39 is 6.09 Å². The van der Waals surface area contributed by atoms with Gasteiger partial charge in [0.2, 0.25) is 0 Å². The summed E-state index contributed by atoms with van der Waals surface area (Å²) in [5.74, 6) is 0.116. The van der Waals surface area contributed by atoms with Crippen LogP contribution in [0.2, 0.25) is 0 Å². The maximum Gasteiger partial charge on any atom is 0.427 e. The van der Waals surface area contributed by atoms with Crippen molar-refractivity contribution in [2.24, 2.45) is 5.10 Å². The molecule has 0 spiro atoms. The molecule has 2 N–H and O–H groups in total. The Balaban J connectivity index is 2.44. The van der Waals surface area contributed by atoms with Gasteiger partial charge in [-0.1, -0.05) is 25.0 Å². The summed E-state index contributed by atoms with van der Waals surface area (Å²) in [5.41, 5.74) is 3.78. The van der Waals surface area contributed by atoms with Crippen molar-refractivity contribution < 1.29 is 14.6 Å². The Morgan fingerprint density at radius 3 is 3.06 bits per heavy atom. The number of hydrogen-bond donors (Lipinski definition) is 2. The lowest BCUT2D eigenvalue weighted by Crippen LogP contribution is -2.19. The van der Waals surface area contributed by atoms with Gasteiger partial charge >= 0.3 is 6.09 Å². The lowest BCUT2D eigenvalue weighted by molar-refractivity contribution is 0.145. The van der Waals surface area contributed by atoms with Gasteiger partial charge in [-0.05, 0) is 25.5 Å². The number of hydrogen-bond acceptors (Lipinski definition) is 4. The van der Waals surface area contributed by atoms with E-state index in [1.165, 1.54) is 6.21 Å². The molecule has 0 fully saturated rings. The minimum absolute atomic E-state index is 0.116. The van der Waals surface area contributed by atoms with Crippen LogP contribution in [-0.4, -0.2) is 24.0 Å². The minimum Gasteiger partial charge on any atom is -0.507 e. The highest BCUT2D eigenvalue weighted by Gasteiger charge is 2.00. The third kappa shape index (κ3) is 4.86. The number of benzene rings is 1. The number of carbonyl (C=O) groups excluding carboxylic acids is 1. The summed E-state index contributed by atoms with van der Waals surface area (Å²) in [4.78, 5) is 11.2. The van der Waals surface area contributed by atoms with Crippen molar-refractivity contribution in [3.05, 3.63) is 29.3 Å². The molecule has 98 valence electrons. The van der Waals surface area contributed by atoms with Crippen LogP contribution in [0.5, 0.6) is 5.75 Å². The topological polar surface area (TPSA) is 70.9 Å². The first-order chi connectivity index (χ1) is 8.63. The Labute approximate surface area is 106 Å². The molecule has 0 saturated carbocycles. The standard InChI is InChI=1S/C13H18N2O3/c1-3-4-7-18-13(17)15-14-9-11-8-10(2)5-6-12(11)16/h5-6,8-9,16H,3-4,7H2,1-2H3,(H,15,17)/b14-9+. The number of amides is 1. The zero-order valence-electron chi connectivity index (χ0n) is 10.6. The van der Waals surface area contributed by atoms with Crippen molar-refractivity contribution in [1.82, 2.24) is 5.43 Å². The maximum absolute atomic E-state index is 11.2. The molecule has 0 unspecified atom stereocenters. The molecule has 1 rings (SSSR count). The smallest absolute Gasteiger partial charge is 0.427 e. The third-order valence-electron chi connectivity index (χ3n) is 2.27. The number of hydrazone groups is 1. The van der Waals surface area contributed by atoms with Gasteiger partial charge in [-0.3, -0.25) is 0 Å². The highest BCUT2D eigenvalue weighted by molar-refractivity contribution is 5.84. The molecular weight excluding hydrogens is 232 g/mol. The van der Waals surface area contributed by atoms with E-state index in [1.807, 2.05) is 13.8 Å². The van der Waals surface area contributed by atoms with E-state index >= 15 is 0 Å². The second-order valence-electron chi connectivity index (χ2n) is 3.92. The highest BCUT2D eigenvalue weighted by Crippen LogP contribution is 2.15. The van der Waals surface area contributed by atoms with Crippen molar-refractivity contribution in [3.8, 4) is 5.75 Å². The number of nitrogens with zero attached hydrogens (tertiary/aromatic N) is 1. The molecule has 0 saturated heterocycles. The molecule has 18 heavy (non-hydrogen) atoms. The van der Waals surface area contributed by atoms with Crippen LogP contribution in [0, 0.1) is 6.92 Å². The van der Waals surface area contributed by atoms with Crippen molar-refractivity contribution in [3.63, 3.8) is 0 Å². The van der Waals surface area contributed by atoms with Crippen molar-refractivity contribution in [2.75, 3.05) is 6.61 Å². The number of unbranched alkanes of at least 4 members (excludes halogenated alkanes) is 1. The number of aromatic hydroxyl groups is 1. The van der Waals surface area contributed by atoms with Crippen molar-refractivity contribution >= 4 is 12.3 Å². The quantitative estimate of drug-likeness (QED) is 0.479. The molecule has 1 amide bonds. The average Bonchev–Trinajstić information content (AvgIpc) is 2.34. The summed E-state index contributed by atoms with van der Waals surface area (Å²) in [6, 6.07) is 5.14. The summed E-state index contributed by atoms with van der Waals surface area (Å²) in [7, 11) is 0. The molecule has 0 aliphatic heterocycles. The number of phenolic OH excluding ortho intramolecular Hbond substituents is 1. The van der Waals surface area contributed by atoms with E-state index in [4.69, 9.17) is 4.74 Å². The Kier molecular flexibility index (Phi) is 5.70. The van der Waals surface area contributed by atoms with E-state index in [0.717, 1.165) is 18.4 Å². The van der Waals surface area contributed by atoms with Crippen LogP contribution in [0.3, 0.4) is 0 Å². The van der Waals surface area contributed by atoms with Crippen LogP contribution in [0.15, 0.2) is 23.3 Å². The highest BCUT2D eigenvalue weighted by atomic mass is 16.5. The number of phenols is 1. The van der Waals surface area contributed by atoms with Gasteiger partial charge in [-0.2, -0.15) is 5.10 Å². The fourth-order valence-electron chi connectivity index (χ4n) is 1.27. The zero-order chi connectivity index (χ0) is 13.4. The fourth-order valence-corrected chi connectivity index (χ4v) is 1.27. The molecule has 0 aliphatic rings. The van der Waals surface area contributed by atoms with E-state index in [9.17, 15) is 9.90 Å². The monoisotopic (exact) mass is 250 g/mol. The van der Waals surface area contributed by atoms with Crippen LogP contribution in [0.1, 0.15) is 30.9 Å². The Bertz CT molecular complexity index is 430. The molecule has 0 radical (unpaired) electrons. The molecule has 0 atom stereocenters. The van der Waals surface area contributed by atoms with Crippen LogP contribution < -0.4 is 5.43 Å². The number of nitrogens with one attached hydrogen (secondary N) is 1.